The molecule has 0 bridgehead atoms. The molecule has 0 spiro atoms. The summed E-state index contributed by atoms with van der Waals surface area (Å²) in [5.41, 5.74) is 2.66. The maximum atomic E-state index is 11.4. The Labute approximate surface area is 107 Å². The summed E-state index contributed by atoms with van der Waals surface area (Å²) >= 11 is 0. The Morgan fingerprint density at radius 3 is 2.33 bits per heavy atom. The largest absolute Gasteiger partial charge is 0.465 e. The summed E-state index contributed by atoms with van der Waals surface area (Å²) in [4.78, 5) is 11.4. The fraction of sp³-hybridized carbons (Fsp3) is 0.0625. The predicted molar refractivity (Wildman–Crippen MR) is 73.2 cm³/mol. The van der Waals surface area contributed by atoms with Gasteiger partial charge in [0.15, 0.2) is 0 Å². The third kappa shape index (κ3) is 3.08. The zero-order valence-electron chi connectivity index (χ0n) is 10.2. The number of ether oxygens (including phenoxy) is 1. The Morgan fingerprint density at radius 1 is 0.944 bits per heavy atom. The zero-order valence-corrected chi connectivity index (χ0v) is 10.2. The van der Waals surface area contributed by atoms with Crippen molar-refractivity contribution >= 4 is 18.1 Å². The van der Waals surface area contributed by atoms with Crippen LogP contribution < -0.4 is 0 Å². The van der Waals surface area contributed by atoms with Gasteiger partial charge in [0.1, 0.15) is 0 Å². The van der Waals surface area contributed by atoms with Crippen LogP contribution in [-0.4, -0.2) is 13.1 Å². The van der Waals surface area contributed by atoms with E-state index in [-0.39, 0.29) is 5.97 Å². The molecule has 2 aromatic rings. The number of carbonyl (C=O) groups is 1. The van der Waals surface area contributed by atoms with Gasteiger partial charge in [0.2, 0.25) is 0 Å². The van der Waals surface area contributed by atoms with Crippen LogP contribution in [0.1, 0.15) is 21.5 Å². The van der Waals surface area contributed by atoms with E-state index in [1.165, 1.54) is 7.11 Å². The van der Waals surface area contributed by atoms with Gasteiger partial charge in [-0.2, -0.15) is 0 Å². The van der Waals surface area contributed by atoms with Crippen molar-refractivity contribution in [1.29, 1.82) is 0 Å². The molecule has 0 saturated carbocycles. The number of methoxy groups -OCH3 is 1. The average molecular weight is 238 g/mol. The van der Waals surface area contributed by atoms with Crippen LogP contribution >= 0.6 is 0 Å². The second-order valence-corrected chi connectivity index (χ2v) is 3.86. The van der Waals surface area contributed by atoms with Crippen molar-refractivity contribution < 1.29 is 9.53 Å². The van der Waals surface area contributed by atoms with Crippen molar-refractivity contribution in [3.05, 3.63) is 71.3 Å². The molecule has 2 nitrogen and oxygen atoms in total. The SMILES string of the molecule is COC(=O)c1cccc(/C=C/c2ccccc2)c1. The Morgan fingerprint density at radius 2 is 1.61 bits per heavy atom. The highest BCUT2D eigenvalue weighted by molar-refractivity contribution is 5.90. The molecule has 0 aliphatic carbocycles. The standard InChI is InChI=1S/C16H14O2/c1-18-16(17)15-9-5-8-14(12-15)11-10-13-6-3-2-4-7-13/h2-12H,1H3/b11-10+. The van der Waals surface area contributed by atoms with Crippen LogP contribution in [0.25, 0.3) is 12.2 Å². The maximum absolute atomic E-state index is 11.4. The van der Waals surface area contributed by atoms with Crippen molar-refractivity contribution in [2.75, 3.05) is 7.11 Å². The first kappa shape index (κ1) is 12.1. The smallest absolute Gasteiger partial charge is 0.337 e. The van der Waals surface area contributed by atoms with Crippen molar-refractivity contribution in [3.63, 3.8) is 0 Å². The first-order valence-electron chi connectivity index (χ1n) is 5.71. The molecule has 0 aliphatic heterocycles. The fourth-order valence-corrected chi connectivity index (χ4v) is 1.64. The quantitative estimate of drug-likeness (QED) is 0.602. The van der Waals surface area contributed by atoms with Crippen LogP contribution in [0, 0.1) is 0 Å². The van der Waals surface area contributed by atoms with Crippen LogP contribution in [0.15, 0.2) is 54.6 Å². The Balaban J connectivity index is 2.20. The molecule has 0 radical (unpaired) electrons. The van der Waals surface area contributed by atoms with Crippen LogP contribution in [0.4, 0.5) is 0 Å². The second kappa shape index (κ2) is 5.82. The van der Waals surface area contributed by atoms with Crippen molar-refractivity contribution in [2.45, 2.75) is 0 Å². The van der Waals surface area contributed by atoms with Gasteiger partial charge in [0.05, 0.1) is 12.7 Å². The minimum Gasteiger partial charge on any atom is -0.465 e. The molecule has 0 heterocycles. The lowest BCUT2D eigenvalue weighted by atomic mass is 10.1. The van der Waals surface area contributed by atoms with Crippen LogP contribution in [0.3, 0.4) is 0 Å². The maximum Gasteiger partial charge on any atom is 0.337 e. The van der Waals surface area contributed by atoms with E-state index in [9.17, 15) is 4.79 Å². The zero-order chi connectivity index (χ0) is 12.8. The van der Waals surface area contributed by atoms with Crippen molar-refractivity contribution in [3.8, 4) is 0 Å². The molecule has 0 aliphatic rings. The topological polar surface area (TPSA) is 26.3 Å². The van der Waals surface area contributed by atoms with Gasteiger partial charge in [-0.25, -0.2) is 4.79 Å². The van der Waals surface area contributed by atoms with Crippen molar-refractivity contribution in [1.82, 2.24) is 0 Å². The molecule has 2 aromatic carbocycles. The van der Waals surface area contributed by atoms with Crippen LogP contribution in [0.2, 0.25) is 0 Å². The third-order valence-electron chi connectivity index (χ3n) is 2.58. The van der Waals surface area contributed by atoms with Gasteiger partial charge >= 0.3 is 5.97 Å². The number of carbonyl (C=O) groups excluding carboxylic acids is 1. The Bertz CT molecular complexity index is 556. The monoisotopic (exact) mass is 238 g/mol. The third-order valence-corrected chi connectivity index (χ3v) is 2.58. The molecule has 0 aromatic heterocycles. The average Bonchev–Trinajstić information content (AvgIpc) is 2.45. The van der Waals surface area contributed by atoms with E-state index in [1.54, 1.807) is 6.07 Å². The molecule has 0 saturated heterocycles. The minimum absolute atomic E-state index is 0.315. The number of hydrogen-bond donors (Lipinski definition) is 0. The van der Waals surface area contributed by atoms with Gasteiger partial charge in [0, 0.05) is 0 Å². The highest BCUT2D eigenvalue weighted by atomic mass is 16.5. The molecule has 18 heavy (non-hydrogen) atoms. The minimum atomic E-state index is -0.315. The first-order valence-corrected chi connectivity index (χ1v) is 5.71. The first-order chi connectivity index (χ1) is 8.79. The van der Waals surface area contributed by atoms with Gasteiger partial charge in [-0.15, -0.1) is 0 Å². The fourth-order valence-electron chi connectivity index (χ4n) is 1.64. The lowest BCUT2D eigenvalue weighted by Gasteiger charge is -2.00. The second-order valence-electron chi connectivity index (χ2n) is 3.86. The number of hydrogen-bond acceptors (Lipinski definition) is 2. The van der Waals surface area contributed by atoms with Gasteiger partial charge < -0.3 is 4.74 Å². The number of esters is 1. The molecule has 0 unspecified atom stereocenters. The molecule has 0 atom stereocenters. The van der Waals surface area contributed by atoms with Gasteiger partial charge in [-0.1, -0.05) is 54.6 Å². The lowest BCUT2D eigenvalue weighted by Crippen LogP contribution is -2.00. The van der Waals surface area contributed by atoms with Gasteiger partial charge in [-0.05, 0) is 23.3 Å². The molecule has 90 valence electrons. The number of rotatable bonds is 3. The molecule has 2 heteroatoms. The number of benzene rings is 2. The van der Waals surface area contributed by atoms with E-state index in [2.05, 4.69) is 0 Å². The summed E-state index contributed by atoms with van der Waals surface area (Å²) in [6, 6.07) is 17.4. The van der Waals surface area contributed by atoms with Gasteiger partial charge in [-0.3, -0.25) is 0 Å². The van der Waals surface area contributed by atoms with Crippen molar-refractivity contribution in [2.24, 2.45) is 0 Å². The van der Waals surface area contributed by atoms with E-state index >= 15 is 0 Å². The molecule has 0 fully saturated rings. The molecule has 0 amide bonds. The van der Waals surface area contributed by atoms with E-state index in [0.29, 0.717) is 5.56 Å². The lowest BCUT2D eigenvalue weighted by molar-refractivity contribution is 0.0600. The van der Waals surface area contributed by atoms with E-state index in [4.69, 9.17) is 4.74 Å². The predicted octanol–water partition coefficient (Wildman–Crippen LogP) is 3.64. The summed E-state index contributed by atoms with van der Waals surface area (Å²) < 4.78 is 4.69. The molecular weight excluding hydrogens is 224 g/mol. The Kier molecular flexibility index (Phi) is 3.92. The van der Waals surface area contributed by atoms with Gasteiger partial charge in [0.25, 0.3) is 0 Å². The summed E-state index contributed by atoms with van der Waals surface area (Å²) in [6.45, 7) is 0. The highest BCUT2D eigenvalue weighted by Crippen LogP contribution is 2.11. The summed E-state index contributed by atoms with van der Waals surface area (Å²) in [5.74, 6) is -0.315. The molecular formula is C16H14O2. The molecule has 2 rings (SSSR count). The summed E-state index contributed by atoms with van der Waals surface area (Å²) in [6.07, 6.45) is 3.98. The van der Waals surface area contributed by atoms with Crippen LogP contribution in [0.5, 0.6) is 0 Å². The van der Waals surface area contributed by atoms with E-state index < -0.39 is 0 Å². The van der Waals surface area contributed by atoms with E-state index in [0.717, 1.165) is 11.1 Å². The van der Waals surface area contributed by atoms with Crippen LogP contribution in [-0.2, 0) is 4.74 Å². The summed E-state index contributed by atoms with van der Waals surface area (Å²) in [7, 11) is 1.38. The summed E-state index contributed by atoms with van der Waals surface area (Å²) in [5, 5.41) is 0. The molecule has 0 N–H and O–H groups in total. The normalized spacial score (nSPS) is 10.5. The van der Waals surface area contributed by atoms with E-state index in [1.807, 2.05) is 60.7 Å². The highest BCUT2D eigenvalue weighted by Gasteiger charge is 2.03. The Hall–Kier alpha value is -2.35.